The first-order valence-electron chi connectivity index (χ1n) is 6.45. The topological polar surface area (TPSA) is 81.7 Å². The van der Waals surface area contributed by atoms with Gasteiger partial charge in [0.2, 0.25) is 5.95 Å². The zero-order valence-electron chi connectivity index (χ0n) is 11.1. The first kappa shape index (κ1) is 12.1. The Hall–Kier alpha value is -1.95. The van der Waals surface area contributed by atoms with Crippen LogP contribution >= 0.6 is 0 Å². The van der Waals surface area contributed by atoms with E-state index in [1.165, 1.54) is 0 Å². The molecule has 0 amide bonds. The molecule has 6 heteroatoms. The summed E-state index contributed by atoms with van der Waals surface area (Å²) in [5.74, 6) is 0.663. The maximum Gasteiger partial charge on any atom is 0.247 e. The monoisotopic (exact) mass is 258 g/mol. The predicted octanol–water partition coefficient (Wildman–Crippen LogP) is 1.20. The molecule has 1 aromatic heterocycles. The highest BCUT2D eigenvalue weighted by molar-refractivity contribution is 5.40. The first-order chi connectivity index (χ1) is 9.09. The molecule has 1 aliphatic carbocycles. The lowest BCUT2D eigenvalue weighted by Gasteiger charge is -2.50. The molecule has 2 unspecified atom stereocenters. The van der Waals surface area contributed by atoms with Gasteiger partial charge in [0.25, 0.3) is 0 Å². The molecule has 19 heavy (non-hydrogen) atoms. The Morgan fingerprint density at radius 3 is 2.68 bits per heavy atom. The van der Waals surface area contributed by atoms with Crippen molar-refractivity contribution >= 4 is 5.95 Å². The fourth-order valence-electron chi connectivity index (χ4n) is 2.38. The van der Waals surface area contributed by atoms with Gasteiger partial charge in [0, 0.05) is 17.5 Å². The Bertz CT molecular complexity index is 562. The van der Waals surface area contributed by atoms with Crippen molar-refractivity contribution < 1.29 is 0 Å². The highest BCUT2D eigenvalue weighted by Gasteiger charge is 2.46. The number of aromatic nitrogens is 4. The molecule has 1 aliphatic rings. The van der Waals surface area contributed by atoms with Gasteiger partial charge in [0.05, 0.1) is 5.69 Å². The van der Waals surface area contributed by atoms with E-state index >= 15 is 0 Å². The maximum atomic E-state index is 6.03. The summed E-state index contributed by atoms with van der Waals surface area (Å²) < 4.78 is 1.71. The Labute approximate surface area is 112 Å². The number of rotatable bonds is 3. The number of nitrogens with one attached hydrogen (secondary N) is 1. The van der Waals surface area contributed by atoms with Crippen molar-refractivity contribution in [3.63, 3.8) is 0 Å². The molecule has 0 bridgehead atoms. The van der Waals surface area contributed by atoms with Crippen molar-refractivity contribution in [1.82, 2.24) is 20.2 Å². The predicted molar refractivity (Wildman–Crippen MR) is 72.9 cm³/mol. The summed E-state index contributed by atoms with van der Waals surface area (Å²) in [5.41, 5.74) is 7.03. The molecule has 0 spiro atoms. The van der Waals surface area contributed by atoms with Crippen molar-refractivity contribution in [3.05, 3.63) is 30.3 Å². The van der Waals surface area contributed by atoms with Gasteiger partial charge in [0.15, 0.2) is 0 Å². The highest BCUT2D eigenvalue weighted by Crippen LogP contribution is 2.40. The van der Waals surface area contributed by atoms with Crippen LogP contribution in [0.25, 0.3) is 5.69 Å². The summed E-state index contributed by atoms with van der Waals surface area (Å²) in [6.07, 6.45) is 0.939. The molecule has 1 saturated carbocycles. The summed E-state index contributed by atoms with van der Waals surface area (Å²) in [5, 5.41) is 15.2. The van der Waals surface area contributed by atoms with E-state index in [2.05, 4.69) is 34.7 Å². The van der Waals surface area contributed by atoms with E-state index < -0.39 is 0 Å². The highest BCUT2D eigenvalue weighted by atomic mass is 15.6. The van der Waals surface area contributed by atoms with E-state index in [-0.39, 0.29) is 11.5 Å². The lowest BCUT2D eigenvalue weighted by Crippen LogP contribution is -2.61. The van der Waals surface area contributed by atoms with E-state index in [0.717, 1.165) is 12.1 Å². The summed E-state index contributed by atoms with van der Waals surface area (Å²) in [7, 11) is 0. The van der Waals surface area contributed by atoms with Gasteiger partial charge in [-0.3, -0.25) is 0 Å². The molecule has 100 valence electrons. The molecule has 3 rings (SSSR count). The summed E-state index contributed by atoms with van der Waals surface area (Å²) >= 11 is 0. The van der Waals surface area contributed by atoms with Gasteiger partial charge in [-0.15, -0.1) is 0 Å². The average molecular weight is 258 g/mol. The summed E-state index contributed by atoms with van der Waals surface area (Å²) in [4.78, 5) is 0. The third-order valence-corrected chi connectivity index (χ3v) is 4.12. The van der Waals surface area contributed by atoms with E-state index in [1.807, 2.05) is 30.3 Å². The van der Waals surface area contributed by atoms with Gasteiger partial charge in [-0.05, 0) is 29.0 Å². The van der Waals surface area contributed by atoms with Crippen LogP contribution in [0, 0.1) is 5.41 Å². The first-order valence-corrected chi connectivity index (χ1v) is 6.45. The SMILES string of the molecule is CC1(C)C(N)CC1Nc1nnnn1-c1ccccc1. The average Bonchev–Trinajstić information content (AvgIpc) is 2.88. The molecule has 1 fully saturated rings. The Balaban J connectivity index is 1.83. The minimum absolute atomic E-state index is 0.0630. The molecule has 6 nitrogen and oxygen atoms in total. The van der Waals surface area contributed by atoms with Gasteiger partial charge in [-0.25, -0.2) is 0 Å². The van der Waals surface area contributed by atoms with Crippen LogP contribution in [-0.2, 0) is 0 Å². The van der Waals surface area contributed by atoms with Gasteiger partial charge in [-0.1, -0.05) is 37.1 Å². The molecule has 1 heterocycles. The summed E-state index contributed by atoms with van der Waals surface area (Å²) in [6.45, 7) is 4.32. The van der Waals surface area contributed by atoms with Crippen molar-refractivity contribution in [3.8, 4) is 5.69 Å². The van der Waals surface area contributed by atoms with E-state index in [0.29, 0.717) is 12.0 Å². The van der Waals surface area contributed by atoms with Crippen molar-refractivity contribution in [1.29, 1.82) is 0 Å². The number of nitrogens with zero attached hydrogens (tertiary/aromatic N) is 4. The molecular weight excluding hydrogens is 240 g/mol. The van der Waals surface area contributed by atoms with E-state index in [9.17, 15) is 0 Å². The number of nitrogens with two attached hydrogens (primary N) is 1. The Kier molecular flexibility index (Phi) is 2.74. The molecule has 0 saturated heterocycles. The van der Waals surface area contributed by atoms with Crippen molar-refractivity contribution in [2.45, 2.75) is 32.4 Å². The van der Waals surface area contributed by atoms with Gasteiger partial charge < -0.3 is 11.1 Å². The largest absolute Gasteiger partial charge is 0.349 e. The second-order valence-corrected chi connectivity index (χ2v) is 5.61. The fraction of sp³-hybridized carbons (Fsp3) is 0.462. The van der Waals surface area contributed by atoms with Crippen LogP contribution in [0.15, 0.2) is 30.3 Å². The maximum absolute atomic E-state index is 6.03. The minimum Gasteiger partial charge on any atom is -0.349 e. The lowest BCUT2D eigenvalue weighted by atomic mass is 9.63. The standard InChI is InChI=1S/C13H18N6/c1-13(2)10(14)8-11(13)15-12-16-17-18-19(12)9-6-4-3-5-7-9/h3-7,10-11H,8,14H2,1-2H3,(H,15,16,18). The number of anilines is 1. The number of hydrogen-bond donors (Lipinski definition) is 2. The van der Waals surface area contributed by atoms with Crippen LogP contribution in [-0.4, -0.2) is 32.3 Å². The smallest absolute Gasteiger partial charge is 0.247 e. The molecular formula is C13H18N6. The molecule has 2 atom stereocenters. The Morgan fingerprint density at radius 1 is 1.32 bits per heavy atom. The lowest BCUT2D eigenvalue weighted by molar-refractivity contribution is 0.116. The normalized spacial score (nSPS) is 24.8. The van der Waals surface area contributed by atoms with Crippen LogP contribution in [0.3, 0.4) is 0 Å². The quantitative estimate of drug-likeness (QED) is 0.864. The molecule has 0 aliphatic heterocycles. The molecule has 1 aromatic carbocycles. The zero-order valence-corrected chi connectivity index (χ0v) is 11.1. The van der Waals surface area contributed by atoms with Gasteiger partial charge in [0.1, 0.15) is 0 Å². The molecule has 0 radical (unpaired) electrons. The van der Waals surface area contributed by atoms with Gasteiger partial charge in [-0.2, -0.15) is 4.68 Å². The number of tetrazole rings is 1. The second-order valence-electron chi connectivity index (χ2n) is 5.61. The second kappa shape index (κ2) is 4.31. The number of para-hydroxylation sites is 1. The summed E-state index contributed by atoms with van der Waals surface area (Å²) in [6, 6.07) is 10.4. The van der Waals surface area contributed by atoms with Crippen molar-refractivity contribution in [2.24, 2.45) is 11.1 Å². The van der Waals surface area contributed by atoms with Crippen LogP contribution in [0.2, 0.25) is 0 Å². The van der Waals surface area contributed by atoms with Crippen LogP contribution < -0.4 is 11.1 Å². The Morgan fingerprint density at radius 2 is 2.05 bits per heavy atom. The zero-order chi connectivity index (χ0) is 13.5. The fourth-order valence-corrected chi connectivity index (χ4v) is 2.38. The third-order valence-electron chi connectivity index (χ3n) is 4.12. The van der Waals surface area contributed by atoms with E-state index in [4.69, 9.17) is 5.73 Å². The van der Waals surface area contributed by atoms with Crippen molar-refractivity contribution in [2.75, 3.05) is 5.32 Å². The van der Waals surface area contributed by atoms with Crippen LogP contribution in [0.1, 0.15) is 20.3 Å². The van der Waals surface area contributed by atoms with Crippen LogP contribution in [0.4, 0.5) is 5.95 Å². The van der Waals surface area contributed by atoms with Gasteiger partial charge >= 0.3 is 0 Å². The van der Waals surface area contributed by atoms with E-state index in [1.54, 1.807) is 4.68 Å². The minimum atomic E-state index is 0.0630. The number of benzene rings is 1. The molecule has 3 N–H and O–H groups in total. The third kappa shape index (κ3) is 1.98. The molecule has 2 aromatic rings. The van der Waals surface area contributed by atoms with Crippen LogP contribution in [0.5, 0.6) is 0 Å². The number of hydrogen-bond acceptors (Lipinski definition) is 5.